The summed E-state index contributed by atoms with van der Waals surface area (Å²) in [6.45, 7) is 15.7. The van der Waals surface area contributed by atoms with Crippen LogP contribution in [0.25, 0.3) is 11.3 Å². The molecule has 4 bridgehead atoms. The van der Waals surface area contributed by atoms with Crippen LogP contribution in [0, 0.1) is 19.8 Å². The van der Waals surface area contributed by atoms with E-state index in [-0.39, 0.29) is 17.4 Å². The smallest absolute Gasteiger partial charge is 0.254 e. The molecule has 1 aliphatic rings. The summed E-state index contributed by atoms with van der Waals surface area (Å²) in [6, 6.07) is 15.7. The number of benzene rings is 2. The molecule has 0 saturated heterocycles. The van der Waals surface area contributed by atoms with Crippen molar-refractivity contribution in [2.45, 2.75) is 77.8 Å². The zero-order valence-corrected chi connectivity index (χ0v) is 27.2. The lowest BCUT2D eigenvalue weighted by molar-refractivity contribution is 0.0551. The molecular formula is C34H42N6O2S. The van der Waals surface area contributed by atoms with Crippen LogP contribution >= 0.6 is 11.9 Å². The molecule has 0 fully saturated rings. The van der Waals surface area contributed by atoms with Crippen molar-refractivity contribution in [2.75, 3.05) is 11.3 Å². The number of hydrogen-bond acceptors (Lipinski definition) is 7. The van der Waals surface area contributed by atoms with E-state index in [1.165, 1.54) is 11.9 Å². The monoisotopic (exact) mass is 598 g/mol. The molecule has 0 saturated carbocycles. The summed E-state index contributed by atoms with van der Waals surface area (Å²) in [5, 5.41) is 4.79. The molecule has 0 radical (unpaired) electrons. The quantitative estimate of drug-likeness (QED) is 0.240. The third-order valence-electron chi connectivity index (χ3n) is 7.61. The molecule has 226 valence electrons. The third kappa shape index (κ3) is 7.04. The Balaban J connectivity index is 1.61. The molecule has 9 heteroatoms. The van der Waals surface area contributed by atoms with Gasteiger partial charge in [0, 0.05) is 52.9 Å². The zero-order chi connectivity index (χ0) is 30.9. The summed E-state index contributed by atoms with van der Waals surface area (Å²) in [4.78, 5) is 26.8. The van der Waals surface area contributed by atoms with Gasteiger partial charge in [-0.2, -0.15) is 10.1 Å². The van der Waals surface area contributed by atoms with E-state index in [1.807, 2.05) is 53.2 Å². The van der Waals surface area contributed by atoms with Gasteiger partial charge in [-0.1, -0.05) is 58.9 Å². The molecule has 0 unspecified atom stereocenters. The Labute approximate surface area is 259 Å². The zero-order valence-electron chi connectivity index (χ0n) is 26.4. The number of amides is 1. The maximum absolute atomic E-state index is 14.4. The maximum Gasteiger partial charge on any atom is 0.254 e. The highest BCUT2D eigenvalue weighted by Crippen LogP contribution is 2.32. The number of nitrogens with zero attached hydrogens (tertiary/aromatic N) is 5. The van der Waals surface area contributed by atoms with Crippen molar-refractivity contribution in [1.82, 2.24) is 24.6 Å². The van der Waals surface area contributed by atoms with Gasteiger partial charge in [-0.25, -0.2) is 4.98 Å². The van der Waals surface area contributed by atoms with E-state index >= 15 is 0 Å². The third-order valence-corrected chi connectivity index (χ3v) is 8.38. The summed E-state index contributed by atoms with van der Waals surface area (Å²) in [5.74, 6) is 1.23. The second-order valence-corrected chi connectivity index (χ2v) is 13.7. The van der Waals surface area contributed by atoms with E-state index in [9.17, 15) is 4.79 Å². The van der Waals surface area contributed by atoms with Gasteiger partial charge in [0.2, 0.25) is 11.8 Å². The highest BCUT2D eigenvalue weighted by Gasteiger charge is 2.31. The van der Waals surface area contributed by atoms with Gasteiger partial charge in [0.05, 0.1) is 17.4 Å². The van der Waals surface area contributed by atoms with Gasteiger partial charge in [0.1, 0.15) is 6.61 Å². The lowest BCUT2D eigenvalue weighted by Gasteiger charge is -2.33. The van der Waals surface area contributed by atoms with Crippen LogP contribution in [-0.4, -0.2) is 43.2 Å². The average Bonchev–Trinajstić information content (AvgIpc) is 3.33. The predicted octanol–water partition coefficient (Wildman–Crippen LogP) is 7.36. The SMILES string of the molecule is Cc1cccc(C)c1-c1cc2nc(n1)NSc1cccc(c1)C(=O)N(Cc1cn(C)nc1C(C)(C)C)[C@H](CC(C)C)CO2. The minimum Gasteiger partial charge on any atom is -0.475 e. The van der Waals surface area contributed by atoms with E-state index < -0.39 is 0 Å². The standard InChI is InChI=1S/C34H42N6O2S/c1-21(2)15-26-20-42-29-17-28(30-22(3)11-9-12-23(30)4)35-33(36-29)38-43-27-14-10-13-24(16-27)32(41)40(26)19-25-18-39(8)37-31(25)34(5,6)7/h9-14,16-18,21,26H,15,19-20H2,1-8H3,(H,35,36,38)/t26-/m1/s1. The summed E-state index contributed by atoms with van der Waals surface area (Å²) in [7, 11) is 1.93. The van der Waals surface area contributed by atoms with E-state index in [0.717, 1.165) is 45.0 Å². The highest BCUT2D eigenvalue weighted by molar-refractivity contribution is 8.00. The minimum atomic E-state index is -0.201. The largest absolute Gasteiger partial charge is 0.475 e. The fraction of sp³-hybridized carbons (Fsp3) is 0.412. The van der Waals surface area contributed by atoms with E-state index in [2.05, 4.69) is 71.4 Å². The maximum atomic E-state index is 14.4. The van der Waals surface area contributed by atoms with Crippen LogP contribution in [0.2, 0.25) is 0 Å². The van der Waals surface area contributed by atoms with Crippen LogP contribution in [0.5, 0.6) is 5.88 Å². The molecule has 4 aromatic rings. The molecule has 2 aromatic carbocycles. The van der Waals surface area contributed by atoms with E-state index in [1.54, 1.807) is 0 Å². The first-order valence-corrected chi connectivity index (χ1v) is 15.7. The molecule has 0 aliphatic carbocycles. The van der Waals surface area contributed by atoms with Crippen molar-refractivity contribution in [1.29, 1.82) is 0 Å². The van der Waals surface area contributed by atoms with Gasteiger partial charge < -0.3 is 9.64 Å². The Bertz CT molecular complexity index is 1600. The number of rotatable bonds is 5. The number of carbonyl (C=O) groups is 1. The number of carbonyl (C=O) groups excluding carboxylic acids is 1. The lowest BCUT2D eigenvalue weighted by atomic mass is 9.89. The summed E-state index contributed by atoms with van der Waals surface area (Å²) in [5.41, 5.74) is 6.62. The molecule has 3 heterocycles. The van der Waals surface area contributed by atoms with Crippen LogP contribution in [0.4, 0.5) is 5.95 Å². The van der Waals surface area contributed by atoms with E-state index in [4.69, 9.17) is 19.8 Å². The Morgan fingerprint density at radius 1 is 1.07 bits per heavy atom. The van der Waals surface area contributed by atoms with Crippen LogP contribution < -0.4 is 9.46 Å². The van der Waals surface area contributed by atoms with Crippen molar-refractivity contribution >= 4 is 23.8 Å². The molecule has 43 heavy (non-hydrogen) atoms. The first-order chi connectivity index (χ1) is 20.4. The van der Waals surface area contributed by atoms with Crippen LogP contribution in [-0.2, 0) is 19.0 Å². The Morgan fingerprint density at radius 2 is 1.79 bits per heavy atom. The van der Waals surface area contributed by atoms with Gasteiger partial charge in [-0.15, -0.1) is 0 Å². The van der Waals surface area contributed by atoms with Gasteiger partial charge in [0.15, 0.2) is 0 Å². The molecule has 5 rings (SSSR count). The molecule has 1 aliphatic heterocycles. The summed E-state index contributed by atoms with van der Waals surface area (Å²) >= 11 is 1.38. The Morgan fingerprint density at radius 3 is 2.49 bits per heavy atom. The molecule has 1 N–H and O–H groups in total. The fourth-order valence-electron chi connectivity index (χ4n) is 5.70. The van der Waals surface area contributed by atoms with Crippen LogP contribution in [0.3, 0.4) is 0 Å². The Hall–Kier alpha value is -3.85. The number of aryl methyl sites for hydroxylation is 3. The molecule has 1 amide bonds. The molecule has 0 spiro atoms. The second-order valence-electron chi connectivity index (χ2n) is 12.9. The number of ether oxygens (including phenoxy) is 1. The summed E-state index contributed by atoms with van der Waals surface area (Å²) in [6.07, 6.45) is 2.80. The van der Waals surface area contributed by atoms with Crippen molar-refractivity contribution in [3.8, 4) is 17.1 Å². The second kappa shape index (κ2) is 12.4. The fourth-order valence-corrected chi connectivity index (χ4v) is 6.33. The minimum absolute atomic E-state index is 0.0336. The lowest BCUT2D eigenvalue weighted by Crippen LogP contribution is -2.44. The summed E-state index contributed by atoms with van der Waals surface area (Å²) < 4.78 is 11.6. The molecular weight excluding hydrogens is 556 g/mol. The molecule has 2 aromatic heterocycles. The van der Waals surface area contributed by atoms with Crippen molar-refractivity contribution in [3.63, 3.8) is 0 Å². The topological polar surface area (TPSA) is 85.2 Å². The molecule has 8 nitrogen and oxygen atoms in total. The predicted molar refractivity (Wildman–Crippen MR) is 173 cm³/mol. The van der Waals surface area contributed by atoms with Crippen molar-refractivity contribution in [3.05, 3.63) is 82.7 Å². The number of nitrogens with one attached hydrogen (secondary N) is 1. The first-order valence-electron chi connectivity index (χ1n) is 14.8. The molecule has 1 atom stereocenters. The Kier molecular flexibility index (Phi) is 8.83. The van der Waals surface area contributed by atoms with Crippen molar-refractivity contribution in [2.24, 2.45) is 13.0 Å². The van der Waals surface area contributed by atoms with Crippen LogP contribution in [0.1, 0.15) is 73.8 Å². The normalized spacial score (nSPS) is 15.8. The number of hydrogen-bond donors (Lipinski definition) is 1. The van der Waals surface area contributed by atoms with Gasteiger partial charge in [-0.05, 0) is 67.5 Å². The highest BCUT2D eigenvalue weighted by atomic mass is 32.2. The average molecular weight is 599 g/mol. The van der Waals surface area contributed by atoms with Gasteiger partial charge in [-0.3, -0.25) is 14.2 Å². The number of anilines is 1. The van der Waals surface area contributed by atoms with Gasteiger partial charge in [0.25, 0.3) is 5.91 Å². The van der Waals surface area contributed by atoms with E-state index in [0.29, 0.717) is 36.5 Å². The number of aromatic nitrogens is 4. The van der Waals surface area contributed by atoms with Gasteiger partial charge >= 0.3 is 0 Å². The van der Waals surface area contributed by atoms with Crippen molar-refractivity contribution < 1.29 is 9.53 Å². The first kappa shape index (κ1) is 30.6. The number of fused-ring (bicyclic) bond motifs is 4. The van der Waals surface area contributed by atoms with Crippen LogP contribution in [0.15, 0.2) is 59.6 Å².